The second kappa shape index (κ2) is 6.68. The highest BCUT2D eigenvalue weighted by molar-refractivity contribution is 9.10. The molecule has 2 aromatic rings. The normalized spacial score (nSPS) is 12.2. The molecule has 1 atom stereocenters. The Labute approximate surface area is 121 Å². The number of nitrogens with two attached hydrogens (primary N) is 1. The van der Waals surface area contributed by atoms with E-state index in [0.717, 1.165) is 27.9 Å². The minimum atomic E-state index is -0.0534. The first kappa shape index (κ1) is 14.0. The summed E-state index contributed by atoms with van der Waals surface area (Å²) in [5.41, 5.74) is 7.99. The van der Waals surface area contributed by atoms with Gasteiger partial charge in [-0.25, -0.2) is 0 Å². The number of aromatic nitrogens is 1. The first-order chi connectivity index (χ1) is 9.16. The lowest BCUT2D eigenvalue weighted by Crippen LogP contribution is -2.10. The van der Waals surface area contributed by atoms with Crippen LogP contribution in [0.1, 0.15) is 24.2 Å². The first-order valence-corrected chi connectivity index (χ1v) is 7.04. The minimum absolute atomic E-state index is 0.0534. The summed E-state index contributed by atoms with van der Waals surface area (Å²) in [6, 6.07) is 11.7. The van der Waals surface area contributed by atoms with Crippen molar-refractivity contribution in [1.82, 2.24) is 4.98 Å². The predicted molar refractivity (Wildman–Crippen MR) is 80.2 cm³/mol. The second-order valence-electron chi connectivity index (χ2n) is 4.39. The molecule has 100 valence electrons. The molecular weight excluding hydrogens is 304 g/mol. The smallest absolute Gasteiger partial charge is 0.124 e. The largest absolute Gasteiger partial charge is 0.493 e. The first-order valence-electron chi connectivity index (χ1n) is 6.24. The molecule has 0 fully saturated rings. The van der Waals surface area contributed by atoms with E-state index in [-0.39, 0.29) is 6.04 Å². The molecule has 4 heteroatoms. The van der Waals surface area contributed by atoms with Gasteiger partial charge in [-0.15, -0.1) is 0 Å². The molecule has 2 N–H and O–H groups in total. The lowest BCUT2D eigenvalue weighted by molar-refractivity contribution is 0.315. The van der Waals surface area contributed by atoms with Crippen LogP contribution in [0.15, 0.2) is 47.1 Å². The van der Waals surface area contributed by atoms with Crippen molar-refractivity contribution in [3.8, 4) is 5.75 Å². The molecule has 0 bridgehead atoms. The van der Waals surface area contributed by atoms with Crippen LogP contribution in [-0.4, -0.2) is 11.6 Å². The third kappa shape index (κ3) is 4.04. The zero-order valence-corrected chi connectivity index (χ0v) is 12.4. The lowest BCUT2D eigenvalue weighted by atomic mass is 10.1. The van der Waals surface area contributed by atoms with Gasteiger partial charge in [-0.05, 0) is 37.3 Å². The Morgan fingerprint density at radius 1 is 1.32 bits per heavy atom. The van der Waals surface area contributed by atoms with Gasteiger partial charge in [-0.2, -0.15) is 0 Å². The maximum atomic E-state index is 5.95. The van der Waals surface area contributed by atoms with Crippen LogP contribution in [0.2, 0.25) is 0 Å². The predicted octanol–water partition coefficient (Wildman–Crippen LogP) is 3.49. The molecule has 19 heavy (non-hydrogen) atoms. The average molecular weight is 321 g/mol. The fourth-order valence-electron chi connectivity index (χ4n) is 1.82. The van der Waals surface area contributed by atoms with Crippen LogP contribution in [0.25, 0.3) is 0 Å². The lowest BCUT2D eigenvalue weighted by Gasteiger charge is -2.14. The summed E-state index contributed by atoms with van der Waals surface area (Å²) in [6.07, 6.45) is 2.58. The van der Waals surface area contributed by atoms with Gasteiger partial charge in [0.2, 0.25) is 0 Å². The molecule has 1 aromatic heterocycles. The van der Waals surface area contributed by atoms with E-state index in [4.69, 9.17) is 10.5 Å². The van der Waals surface area contributed by atoms with Crippen molar-refractivity contribution >= 4 is 15.9 Å². The van der Waals surface area contributed by atoms with Crippen LogP contribution < -0.4 is 10.5 Å². The van der Waals surface area contributed by atoms with Crippen molar-refractivity contribution < 1.29 is 4.74 Å². The number of rotatable bonds is 5. The number of nitrogens with zero attached hydrogens (tertiary/aromatic N) is 1. The van der Waals surface area contributed by atoms with Gasteiger partial charge < -0.3 is 10.5 Å². The van der Waals surface area contributed by atoms with Gasteiger partial charge in [0.1, 0.15) is 5.75 Å². The van der Waals surface area contributed by atoms with Crippen LogP contribution in [0, 0.1) is 0 Å². The minimum Gasteiger partial charge on any atom is -0.493 e. The van der Waals surface area contributed by atoms with Gasteiger partial charge in [0.05, 0.1) is 6.61 Å². The van der Waals surface area contributed by atoms with Crippen LogP contribution in [0.3, 0.4) is 0 Å². The van der Waals surface area contributed by atoms with Crippen molar-refractivity contribution in [2.75, 3.05) is 6.61 Å². The summed E-state index contributed by atoms with van der Waals surface area (Å²) in [6.45, 7) is 2.55. The number of halogens is 1. The van der Waals surface area contributed by atoms with E-state index in [9.17, 15) is 0 Å². The molecule has 0 spiro atoms. The molecule has 2 rings (SSSR count). The van der Waals surface area contributed by atoms with Crippen LogP contribution in [0.4, 0.5) is 0 Å². The average Bonchev–Trinajstić information content (AvgIpc) is 2.41. The Balaban J connectivity index is 2.00. The SMILES string of the molecule is CC(N)c1cc(Br)ccc1OCCc1ccccn1. The van der Waals surface area contributed by atoms with E-state index in [1.165, 1.54) is 0 Å². The fourth-order valence-corrected chi connectivity index (χ4v) is 2.20. The topological polar surface area (TPSA) is 48.1 Å². The van der Waals surface area contributed by atoms with Gasteiger partial charge in [-0.3, -0.25) is 4.98 Å². The van der Waals surface area contributed by atoms with Crippen LogP contribution in [-0.2, 0) is 6.42 Å². The van der Waals surface area contributed by atoms with E-state index in [1.54, 1.807) is 6.20 Å². The summed E-state index contributed by atoms with van der Waals surface area (Å²) in [4.78, 5) is 4.27. The quantitative estimate of drug-likeness (QED) is 0.917. The maximum absolute atomic E-state index is 5.95. The van der Waals surface area contributed by atoms with E-state index in [0.29, 0.717) is 6.61 Å². The van der Waals surface area contributed by atoms with Crippen LogP contribution >= 0.6 is 15.9 Å². The molecule has 0 saturated carbocycles. The Hall–Kier alpha value is -1.39. The van der Waals surface area contributed by atoms with Gasteiger partial charge >= 0.3 is 0 Å². The Bertz CT molecular complexity index is 529. The number of pyridine rings is 1. The second-order valence-corrected chi connectivity index (χ2v) is 5.31. The van der Waals surface area contributed by atoms with Crippen molar-refractivity contribution in [1.29, 1.82) is 0 Å². The zero-order chi connectivity index (χ0) is 13.7. The molecule has 1 unspecified atom stereocenters. The third-order valence-electron chi connectivity index (χ3n) is 2.80. The van der Waals surface area contributed by atoms with Crippen molar-refractivity contribution in [3.05, 3.63) is 58.3 Å². The molecular formula is C15H17BrN2O. The van der Waals surface area contributed by atoms with Crippen molar-refractivity contribution in [3.63, 3.8) is 0 Å². The van der Waals surface area contributed by atoms with Crippen molar-refractivity contribution in [2.45, 2.75) is 19.4 Å². The number of ether oxygens (including phenoxy) is 1. The number of benzene rings is 1. The molecule has 0 radical (unpaired) electrons. The summed E-state index contributed by atoms with van der Waals surface area (Å²) in [5.74, 6) is 0.842. The molecule has 0 aliphatic heterocycles. The van der Waals surface area contributed by atoms with Gasteiger partial charge in [0.15, 0.2) is 0 Å². The fraction of sp³-hybridized carbons (Fsp3) is 0.267. The van der Waals surface area contributed by atoms with E-state index < -0.39 is 0 Å². The zero-order valence-electron chi connectivity index (χ0n) is 10.8. The number of hydrogen-bond acceptors (Lipinski definition) is 3. The maximum Gasteiger partial charge on any atom is 0.124 e. The monoisotopic (exact) mass is 320 g/mol. The molecule has 0 aliphatic rings. The highest BCUT2D eigenvalue weighted by Gasteiger charge is 2.08. The Morgan fingerprint density at radius 3 is 2.84 bits per heavy atom. The highest BCUT2D eigenvalue weighted by Crippen LogP contribution is 2.27. The van der Waals surface area contributed by atoms with Crippen LogP contribution in [0.5, 0.6) is 5.75 Å². The standard InChI is InChI=1S/C15H17BrN2O/c1-11(17)14-10-12(16)5-6-15(14)19-9-7-13-4-2-3-8-18-13/h2-6,8,10-11H,7,9,17H2,1H3. The van der Waals surface area contributed by atoms with Gasteiger partial charge in [0.25, 0.3) is 0 Å². The number of hydrogen-bond donors (Lipinski definition) is 1. The Kier molecular flexibility index (Phi) is 4.93. The molecule has 0 aliphatic carbocycles. The van der Waals surface area contributed by atoms with E-state index >= 15 is 0 Å². The molecule has 1 heterocycles. The van der Waals surface area contributed by atoms with E-state index in [1.807, 2.05) is 43.3 Å². The molecule has 3 nitrogen and oxygen atoms in total. The van der Waals surface area contributed by atoms with Gasteiger partial charge in [0, 0.05) is 34.4 Å². The molecule has 0 saturated heterocycles. The summed E-state index contributed by atoms with van der Waals surface area (Å²) < 4.78 is 6.83. The summed E-state index contributed by atoms with van der Waals surface area (Å²) in [5, 5.41) is 0. The Morgan fingerprint density at radius 2 is 2.16 bits per heavy atom. The third-order valence-corrected chi connectivity index (χ3v) is 3.30. The molecule has 1 aromatic carbocycles. The van der Waals surface area contributed by atoms with E-state index in [2.05, 4.69) is 20.9 Å². The molecule has 0 amide bonds. The van der Waals surface area contributed by atoms with Gasteiger partial charge in [-0.1, -0.05) is 22.0 Å². The van der Waals surface area contributed by atoms with Crippen molar-refractivity contribution in [2.24, 2.45) is 5.73 Å². The summed E-state index contributed by atoms with van der Waals surface area (Å²) in [7, 11) is 0. The highest BCUT2D eigenvalue weighted by atomic mass is 79.9. The summed E-state index contributed by atoms with van der Waals surface area (Å²) >= 11 is 3.45.